The Morgan fingerprint density at radius 2 is 1.41 bits per heavy atom. The van der Waals surface area contributed by atoms with Gasteiger partial charge in [-0.1, -0.05) is 12.1 Å². The first kappa shape index (κ1) is 23.6. The summed E-state index contributed by atoms with van der Waals surface area (Å²) in [6.45, 7) is 0.736. The Kier molecular flexibility index (Phi) is 6.77. The molecule has 0 saturated carbocycles. The van der Waals surface area contributed by atoms with Crippen LogP contribution < -0.4 is 5.32 Å². The van der Waals surface area contributed by atoms with Crippen LogP contribution in [-0.2, 0) is 17.1 Å². The molecule has 0 unspecified atom stereocenters. The molecule has 1 aliphatic rings. The topological polar surface area (TPSA) is 52.7 Å². The Morgan fingerprint density at radius 1 is 0.812 bits per heavy atom. The van der Waals surface area contributed by atoms with Gasteiger partial charge in [0.25, 0.3) is 5.91 Å². The zero-order chi connectivity index (χ0) is 23.5. The van der Waals surface area contributed by atoms with Crippen molar-refractivity contribution in [2.45, 2.75) is 12.4 Å². The van der Waals surface area contributed by atoms with Crippen LogP contribution in [0.1, 0.15) is 21.5 Å². The Morgan fingerprint density at radius 3 is 1.97 bits per heavy atom. The zero-order valence-electron chi connectivity index (χ0n) is 16.6. The summed E-state index contributed by atoms with van der Waals surface area (Å²) in [6.07, 6.45) is -9.12. The first-order valence-corrected chi connectivity index (χ1v) is 9.60. The highest BCUT2D eigenvalue weighted by Gasteiger charge is 2.36. The number of alkyl halides is 6. The molecule has 0 bridgehead atoms. The van der Waals surface area contributed by atoms with Crippen molar-refractivity contribution >= 4 is 17.5 Å². The normalized spacial score (nSPS) is 15.5. The van der Waals surface area contributed by atoms with Gasteiger partial charge in [0, 0.05) is 31.9 Å². The van der Waals surface area contributed by atoms with Crippen molar-refractivity contribution in [1.82, 2.24) is 9.80 Å². The number of carbonyl (C=O) groups is 2. The van der Waals surface area contributed by atoms with Crippen LogP contribution in [0, 0.1) is 0 Å². The molecule has 0 radical (unpaired) electrons. The molecule has 1 fully saturated rings. The van der Waals surface area contributed by atoms with E-state index >= 15 is 0 Å². The minimum Gasteiger partial charge on any atom is -0.336 e. The minimum absolute atomic E-state index is 0.0673. The van der Waals surface area contributed by atoms with E-state index in [9.17, 15) is 35.9 Å². The van der Waals surface area contributed by atoms with Crippen LogP contribution in [0.5, 0.6) is 0 Å². The van der Waals surface area contributed by atoms with Crippen LogP contribution in [0.3, 0.4) is 0 Å². The summed E-state index contributed by atoms with van der Waals surface area (Å²) >= 11 is 0. The third-order valence-corrected chi connectivity index (χ3v) is 4.99. The van der Waals surface area contributed by atoms with E-state index in [1.165, 1.54) is 17.0 Å². The summed E-state index contributed by atoms with van der Waals surface area (Å²) < 4.78 is 77.3. The predicted octanol–water partition coefficient (Wildman–Crippen LogP) is 4.12. The van der Waals surface area contributed by atoms with Crippen LogP contribution >= 0.6 is 0 Å². The van der Waals surface area contributed by atoms with Gasteiger partial charge in [-0.15, -0.1) is 0 Å². The number of carbonyl (C=O) groups excluding carboxylic acids is 2. The molecule has 1 aliphatic heterocycles. The van der Waals surface area contributed by atoms with E-state index in [1.54, 1.807) is 4.90 Å². The summed E-state index contributed by atoms with van der Waals surface area (Å²) in [6, 6.07) is 8.59. The summed E-state index contributed by atoms with van der Waals surface area (Å²) in [4.78, 5) is 27.8. The molecular formula is C21H19F6N3O2. The fourth-order valence-electron chi connectivity index (χ4n) is 3.34. The monoisotopic (exact) mass is 459 g/mol. The first-order valence-electron chi connectivity index (χ1n) is 9.60. The third kappa shape index (κ3) is 5.78. The van der Waals surface area contributed by atoms with Gasteiger partial charge < -0.3 is 10.2 Å². The highest BCUT2D eigenvalue weighted by molar-refractivity contribution is 5.96. The van der Waals surface area contributed by atoms with Crippen LogP contribution in [0.2, 0.25) is 0 Å². The van der Waals surface area contributed by atoms with Crippen molar-refractivity contribution in [3.63, 3.8) is 0 Å². The standard InChI is InChI=1S/C21H19F6N3O2/c22-20(23,24)14-5-7-15(8-6-14)28-18(31)13-29-9-11-30(12-10-29)19(32)16-3-1-2-4-17(16)21(25,26)27/h1-8H,9-13H2,(H,28,31). The lowest BCUT2D eigenvalue weighted by Crippen LogP contribution is -2.50. The average molecular weight is 459 g/mol. The Hall–Kier alpha value is -3.08. The number of benzene rings is 2. The van der Waals surface area contributed by atoms with Crippen LogP contribution in [-0.4, -0.2) is 54.3 Å². The van der Waals surface area contributed by atoms with Crippen molar-refractivity contribution in [3.05, 3.63) is 65.2 Å². The molecular weight excluding hydrogens is 440 g/mol. The minimum atomic E-state index is -4.65. The van der Waals surface area contributed by atoms with E-state index in [4.69, 9.17) is 0 Å². The molecule has 1 N–H and O–H groups in total. The van der Waals surface area contributed by atoms with Gasteiger partial charge in [0.15, 0.2) is 0 Å². The van der Waals surface area contributed by atoms with Crippen molar-refractivity contribution < 1.29 is 35.9 Å². The van der Waals surface area contributed by atoms with Gasteiger partial charge in [0.1, 0.15) is 0 Å². The quantitative estimate of drug-likeness (QED) is 0.700. The molecule has 0 aliphatic carbocycles. The van der Waals surface area contributed by atoms with Gasteiger partial charge in [-0.05, 0) is 36.4 Å². The third-order valence-electron chi connectivity index (χ3n) is 4.99. The van der Waals surface area contributed by atoms with Crippen molar-refractivity contribution in [2.75, 3.05) is 38.0 Å². The largest absolute Gasteiger partial charge is 0.417 e. The zero-order valence-corrected chi connectivity index (χ0v) is 16.6. The van der Waals surface area contributed by atoms with Crippen molar-refractivity contribution in [2.24, 2.45) is 0 Å². The first-order chi connectivity index (χ1) is 14.9. The summed E-state index contributed by atoms with van der Waals surface area (Å²) in [5.41, 5.74) is -2.04. The molecule has 2 amide bonds. The Labute approximate surface area is 179 Å². The van der Waals surface area contributed by atoms with Gasteiger partial charge in [-0.3, -0.25) is 14.5 Å². The Bertz CT molecular complexity index is 965. The van der Waals surface area contributed by atoms with Crippen LogP contribution in [0.4, 0.5) is 32.0 Å². The number of halogens is 6. The van der Waals surface area contributed by atoms with Crippen molar-refractivity contribution in [1.29, 1.82) is 0 Å². The number of anilines is 1. The number of rotatable bonds is 4. The molecule has 0 spiro atoms. The van der Waals surface area contributed by atoms with Gasteiger partial charge in [-0.25, -0.2) is 0 Å². The smallest absolute Gasteiger partial charge is 0.336 e. The fraction of sp³-hybridized carbons (Fsp3) is 0.333. The van der Waals surface area contributed by atoms with Crippen LogP contribution in [0.15, 0.2) is 48.5 Å². The maximum atomic E-state index is 13.2. The molecule has 5 nitrogen and oxygen atoms in total. The maximum Gasteiger partial charge on any atom is 0.417 e. The number of nitrogens with one attached hydrogen (secondary N) is 1. The molecule has 172 valence electrons. The molecule has 2 aromatic carbocycles. The van der Waals surface area contributed by atoms with E-state index in [2.05, 4.69) is 5.32 Å². The van der Waals surface area contributed by atoms with E-state index in [0.29, 0.717) is 0 Å². The van der Waals surface area contributed by atoms with E-state index in [1.807, 2.05) is 0 Å². The molecule has 3 rings (SSSR count). The van der Waals surface area contributed by atoms with E-state index in [0.717, 1.165) is 36.4 Å². The highest BCUT2D eigenvalue weighted by Crippen LogP contribution is 2.32. The maximum absolute atomic E-state index is 13.2. The molecule has 0 aromatic heterocycles. The molecule has 2 aromatic rings. The number of hydrogen-bond donors (Lipinski definition) is 1. The van der Waals surface area contributed by atoms with E-state index < -0.39 is 40.9 Å². The number of piperazine rings is 1. The molecule has 0 atom stereocenters. The molecule has 32 heavy (non-hydrogen) atoms. The second-order valence-corrected chi connectivity index (χ2v) is 7.23. The number of hydrogen-bond acceptors (Lipinski definition) is 3. The SMILES string of the molecule is O=C(CN1CCN(C(=O)c2ccccc2C(F)(F)F)CC1)Nc1ccc(C(F)(F)F)cc1. The lowest BCUT2D eigenvalue weighted by atomic mass is 10.1. The lowest BCUT2D eigenvalue weighted by molar-refractivity contribution is -0.138. The second kappa shape index (κ2) is 9.19. The summed E-state index contributed by atoms with van der Waals surface area (Å²) in [5, 5.41) is 2.50. The predicted molar refractivity (Wildman–Crippen MR) is 104 cm³/mol. The van der Waals surface area contributed by atoms with Crippen LogP contribution in [0.25, 0.3) is 0 Å². The molecule has 1 heterocycles. The van der Waals surface area contributed by atoms with E-state index in [-0.39, 0.29) is 38.4 Å². The van der Waals surface area contributed by atoms with Crippen molar-refractivity contribution in [3.8, 4) is 0 Å². The fourth-order valence-corrected chi connectivity index (χ4v) is 3.34. The Balaban J connectivity index is 1.53. The van der Waals surface area contributed by atoms with Gasteiger partial charge in [-0.2, -0.15) is 26.3 Å². The average Bonchev–Trinajstić information content (AvgIpc) is 2.73. The second-order valence-electron chi connectivity index (χ2n) is 7.23. The van der Waals surface area contributed by atoms with Gasteiger partial charge in [0.2, 0.25) is 5.91 Å². The number of amides is 2. The molecule has 1 saturated heterocycles. The summed E-state index contributed by atoms with van der Waals surface area (Å²) in [5.74, 6) is -1.18. The number of nitrogens with zero attached hydrogens (tertiary/aromatic N) is 2. The summed E-state index contributed by atoms with van der Waals surface area (Å²) in [7, 11) is 0. The highest BCUT2D eigenvalue weighted by atomic mass is 19.4. The van der Waals surface area contributed by atoms with Gasteiger partial charge in [0.05, 0.1) is 23.2 Å². The molecule has 11 heteroatoms. The lowest BCUT2D eigenvalue weighted by Gasteiger charge is -2.34. The van der Waals surface area contributed by atoms with Gasteiger partial charge >= 0.3 is 12.4 Å².